The predicted octanol–water partition coefficient (Wildman–Crippen LogP) is 1.73. The Morgan fingerprint density at radius 1 is 1.44 bits per heavy atom. The van der Waals surface area contributed by atoms with Crippen LogP contribution in [0.2, 0.25) is 0 Å². The number of aromatic nitrogens is 2. The van der Waals surface area contributed by atoms with E-state index in [1.165, 1.54) is 0 Å². The van der Waals surface area contributed by atoms with Crippen molar-refractivity contribution < 1.29 is 0 Å². The minimum atomic E-state index is 0.546. The molecule has 0 aliphatic rings. The van der Waals surface area contributed by atoms with E-state index in [2.05, 4.69) is 47.5 Å². The van der Waals surface area contributed by atoms with E-state index in [1.54, 1.807) is 0 Å². The van der Waals surface area contributed by atoms with Crippen molar-refractivity contribution >= 4 is 5.95 Å². The van der Waals surface area contributed by atoms with Gasteiger partial charge in [-0.3, -0.25) is 0 Å². The van der Waals surface area contributed by atoms with E-state index < -0.39 is 0 Å². The van der Waals surface area contributed by atoms with Crippen molar-refractivity contribution in [2.45, 2.75) is 40.3 Å². The molecular weight excluding hydrogens is 200 g/mol. The highest BCUT2D eigenvalue weighted by Gasteiger charge is 2.09. The van der Waals surface area contributed by atoms with Crippen LogP contribution in [0.15, 0.2) is 12.4 Å². The third-order valence-electron chi connectivity index (χ3n) is 2.63. The van der Waals surface area contributed by atoms with E-state index in [0.717, 1.165) is 32.1 Å². The lowest BCUT2D eigenvalue weighted by Crippen LogP contribution is -2.36. The van der Waals surface area contributed by atoms with Crippen molar-refractivity contribution in [1.82, 2.24) is 14.9 Å². The van der Waals surface area contributed by atoms with Gasteiger partial charge in [-0.25, -0.2) is 4.98 Å². The summed E-state index contributed by atoms with van der Waals surface area (Å²) in [6.45, 7) is 12.6. The van der Waals surface area contributed by atoms with E-state index in [4.69, 9.17) is 0 Å². The Labute approximate surface area is 98.7 Å². The summed E-state index contributed by atoms with van der Waals surface area (Å²) in [7, 11) is 0. The molecule has 1 N–H and O–H groups in total. The highest BCUT2D eigenvalue weighted by atomic mass is 15.3. The van der Waals surface area contributed by atoms with Gasteiger partial charge in [-0.05, 0) is 13.8 Å². The summed E-state index contributed by atoms with van der Waals surface area (Å²) >= 11 is 0. The number of anilines is 1. The van der Waals surface area contributed by atoms with Crippen LogP contribution in [0, 0.1) is 0 Å². The molecule has 0 radical (unpaired) electrons. The number of nitrogens with one attached hydrogen (secondary N) is 1. The molecule has 0 aliphatic carbocycles. The minimum Gasteiger partial charge on any atom is -0.341 e. The number of rotatable bonds is 7. The second kappa shape index (κ2) is 6.53. The number of nitrogens with zero attached hydrogens (tertiary/aromatic N) is 3. The predicted molar refractivity (Wildman–Crippen MR) is 68.9 cm³/mol. The Morgan fingerprint density at radius 2 is 2.19 bits per heavy atom. The van der Waals surface area contributed by atoms with E-state index in [9.17, 15) is 0 Å². The standard InChI is InChI=1S/C12H24N4/c1-5-15(9-7-13-11(3)4)12-14-8-10-16(12)6-2/h8,10-11,13H,5-7,9H2,1-4H3. The molecule has 1 heterocycles. The minimum absolute atomic E-state index is 0.546. The first-order chi connectivity index (χ1) is 7.69. The van der Waals surface area contributed by atoms with Crippen molar-refractivity contribution in [3.63, 3.8) is 0 Å². The molecule has 4 nitrogen and oxygen atoms in total. The molecule has 0 bridgehead atoms. The molecule has 0 spiro atoms. The molecular formula is C12H24N4. The van der Waals surface area contributed by atoms with Gasteiger partial charge in [-0.1, -0.05) is 13.8 Å². The van der Waals surface area contributed by atoms with Crippen LogP contribution in [0.1, 0.15) is 27.7 Å². The van der Waals surface area contributed by atoms with Crippen molar-refractivity contribution in [2.24, 2.45) is 0 Å². The van der Waals surface area contributed by atoms with Crippen LogP contribution in [0.3, 0.4) is 0 Å². The lowest BCUT2D eigenvalue weighted by atomic mass is 10.4. The maximum atomic E-state index is 4.42. The van der Waals surface area contributed by atoms with Crippen LogP contribution in [0.25, 0.3) is 0 Å². The fraction of sp³-hybridized carbons (Fsp3) is 0.750. The van der Waals surface area contributed by atoms with Gasteiger partial charge in [0.2, 0.25) is 5.95 Å². The van der Waals surface area contributed by atoms with Crippen molar-refractivity contribution in [2.75, 3.05) is 24.5 Å². The average Bonchev–Trinajstić information content (AvgIpc) is 2.72. The summed E-state index contributed by atoms with van der Waals surface area (Å²) < 4.78 is 2.18. The lowest BCUT2D eigenvalue weighted by molar-refractivity contribution is 0.576. The number of aryl methyl sites for hydroxylation is 1. The van der Waals surface area contributed by atoms with Gasteiger partial charge in [0, 0.05) is 44.6 Å². The highest BCUT2D eigenvalue weighted by molar-refractivity contribution is 5.30. The SMILES string of the molecule is CCN(CCNC(C)C)c1nccn1CC. The topological polar surface area (TPSA) is 33.1 Å². The first-order valence-corrected chi connectivity index (χ1v) is 6.18. The zero-order valence-electron chi connectivity index (χ0n) is 10.9. The second-order valence-corrected chi connectivity index (χ2v) is 4.20. The molecule has 4 heteroatoms. The second-order valence-electron chi connectivity index (χ2n) is 4.20. The summed E-state index contributed by atoms with van der Waals surface area (Å²) in [5.74, 6) is 1.08. The van der Waals surface area contributed by atoms with Gasteiger partial charge in [0.25, 0.3) is 0 Å². The zero-order chi connectivity index (χ0) is 12.0. The number of hydrogen-bond donors (Lipinski definition) is 1. The summed E-state index contributed by atoms with van der Waals surface area (Å²) in [6.07, 6.45) is 3.91. The van der Waals surface area contributed by atoms with Crippen molar-refractivity contribution in [1.29, 1.82) is 0 Å². The molecule has 0 amide bonds. The Hall–Kier alpha value is -1.03. The molecule has 0 atom stereocenters. The van der Waals surface area contributed by atoms with Crippen molar-refractivity contribution in [3.8, 4) is 0 Å². The maximum Gasteiger partial charge on any atom is 0.205 e. The molecule has 16 heavy (non-hydrogen) atoms. The largest absolute Gasteiger partial charge is 0.341 e. The Balaban J connectivity index is 2.53. The van der Waals surface area contributed by atoms with Gasteiger partial charge in [0.05, 0.1) is 0 Å². The molecule has 1 aromatic heterocycles. The van der Waals surface area contributed by atoms with Gasteiger partial charge in [0.15, 0.2) is 0 Å². The summed E-state index contributed by atoms with van der Waals surface area (Å²) in [5, 5.41) is 3.43. The molecule has 0 saturated carbocycles. The van der Waals surface area contributed by atoms with E-state index in [1.807, 2.05) is 12.4 Å². The third kappa shape index (κ3) is 3.52. The Morgan fingerprint density at radius 3 is 2.75 bits per heavy atom. The van der Waals surface area contributed by atoms with E-state index in [-0.39, 0.29) is 0 Å². The van der Waals surface area contributed by atoms with E-state index in [0.29, 0.717) is 6.04 Å². The molecule has 1 aromatic rings. The smallest absolute Gasteiger partial charge is 0.205 e. The van der Waals surface area contributed by atoms with Crippen LogP contribution in [-0.2, 0) is 6.54 Å². The molecule has 0 unspecified atom stereocenters. The molecule has 0 saturated heterocycles. The fourth-order valence-corrected chi connectivity index (χ4v) is 1.72. The van der Waals surface area contributed by atoms with Crippen LogP contribution >= 0.6 is 0 Å². The summed E-state index contributed by atoms with van der Waals surface area (Å²) in [6, 6.07) is 0.546. The quantitative estimate of drug-likeness (QED) is 0.765. The molecule has 92 valence electrons. The summed E-state index contributed by atoms with van der Waals surface area (Å²) in [4.78, 5) is 6.72. The monoisotopic (exact) mass is 224 g/mol. The average molecular weight is 224 g/mol. The molecule has 1 rings (SSSR count). The Bertz CT molecular complexity index is 293. The highest BCUT2D eigenvalue weighted by Crippen LogP contribution is 2.10. The zero-order valence-corrected chi connectivity index (χ0v) is 10.9. The number of likely N-dealkylation sites (N-methyl/N-ethyl adjacent to an activating group) is 1. The summed E-state index contributed by atoms with van der Waals surface area (Å²) in [5.41, 5.74) is 0. The van der Waals surface area contributed by atoms with Gasteiger partial charge >= 0.3 is 0 Å². The van der Waals surface area contributed by atoms with Gasteiger partial charge in [-0.15, -0.1) is 0 Å². The van der Waals surface area contributed by atoms with Crippen LogP contribution in [0.4, 0.5) is 5.95 Å². The van der Waals surface area contributed by atoms with Gasteiger partial charge in [-0.2, -0.15) is 0 Å². The number of hydrogen-bond acceptors (Lipinski definition) is 3. The fourth-order valence-electron chi connectivity index (χ4n) is 1.72. The molecule has 0 fully saturated rings. The van der Waals surface area contributed by atoms with Crippen LogP contribution in [0.5, 0.6) is 0 Å². The molecule has 0 aromatic carbocycles. The van der Waals surface area contributed by atoms with Crippen molar-refractivity contribution in [3.05, 3.63) is 12.4 Å². The Kier molecular flexibility index (Phi) is 5.32. The molecule has 0 aliphatic heterocycles. The lowest BCUT2D eigenvalue weighted by Gasteiger charge is -2.23. The van der Waals surface area contributed by atoms with Gasteiger partial charge in [0.1, 0.15) is 0 Å². The van der Waals surface area contributed by atoms with Crippen LogP contribution < -0.4 is 10.2 Å². The number of imidazole rings is 1. The normalized spacial score (nSPS) is 11.1. The first kappa shape index (κ1) is 13.0. The maximum absolute atomic E-state index is 4.42. The van der Waals surface area contributed by atoms with E-state index >= 15 is 0 Å². The first-order valence-electron chi connectivity index (χ1n) is 6.18. The third-order valence-corrected chi connectivity index (χ3v) is 2.63. The van der Waals surface area contributed by atoms with Gasteiger partial charge < -0.3 is 14.8 Å². The van der Waals surface area contributed by atoms with Crippen LogP contribution in [-0.4, -0.2) is 35.2 Å².